The highest BCUT2D eigenvalue weighted by Gasteiger charge is 2.30. The zero-order chi connectivity index (χ0) is 13.2. The monoisotopic (exact) mass is 256 g/mol. The van der Waals surface area contributed by atoms with Crippen molar-refractivity contribution in [2.24, 2.45) is 5.92 Å². The van der Waals surface area contributed by atoms with E-state index in [-0.39, 0.29) is 0 Å². The van der Waals surface area contributed by atoms with Gasteiger partial charge in [-0.2, -0.15) is 0 Å². The molecular weight excluding hydrogens is 236 g/mol. The van der Waals surface area contributed by atoms with Crippen LogP contribution in [-0.4, -0.2) is 24.7 Å². The molecule has 1 aliphatic rings. The Hall–Kier alpha value is -1.61. The van der Waals surface area contributed by atoms with E-state index in [9.17, 15) is 0 Å². The van der Waals surface area contributed by atoms with E-state index in [0.717, 1.165) is 34.9 Å². The van der Waals surface area contributed by atoms with Gasteiger partial charge in [-0.15, -0.1) is 0 Å². The van der Waals surface area contributed by atoms with Crippen molar-refractivity contribution in [2.75, 3.05) is 13.7 Å². The first kappa shape index (κ1) is 12.4. The van der Waals surface area contributed by atoms with E-state index in [2.05, 4.69) is 22.4 Å². The Morgan fingerprint density at radius 2 is 2.16 bits per heavy atom. The molecule has 1 aromatic heterocycles. The number of rotatable bonds is 5. The minimum absolute atomic E-state index is 0.458. The highest BCUT2D eigenvalue weighted by molar-refractivity contribution is 5.84. The molecule has 1 fully saturated rings. The molecule has 0 aliphatic heterocycles. The van der Waals surface area contributed by atoms with E-state index >= 15 is 0 Å². The molecule has 0 saturated heterocycles. The number of ether oxygens (including phenoxy) is 1. The summed E-state index contributed by atoms with van der Waals surface area (Å²) < 4.78 is 6.00. The van der Waals surface area contributed by atoms with Crippen LogP contribution in [0.15, 0.2) is 30.3 Å². The molecule has 2 aromatic rings. The van der Waals surface area contributed by atoms with Gasteiger partial charge in [0, 0.05) is 17.1 Å². The van der Waals surface area contributed by atoms with Gasteiger partial charge in [0.1, 0.15) is 17.9 Å². The largest absolute Gasteiger partial charge is 0.490 e. The summed E-state index contributed by atoms with van der Waals surface area (Å²) in [6.07, 6.45) is 2.64. The number of fused-ring (bicyclic) bond motifs is 1. The zero-order valence-electron chi connectivity index (χ0n) is 11.5. The molecule has 100 valence electrons. The summed E-state index contributed by atoms with van der Waals surface area (Å²) in [5.74, 6) is 1.68. The molecule has 1 saturated carbocycles. The number of aromatic nitrogens is 1. The third-order valence-corrected chi connectivity index (χ3v) is 3.80. The Labute approximate surface area is 114 Å². The predicted molar refractivity (Wildman–Crippen MR) is 77.5 cm³/mol. The second-order valence-corrected chi connectivity index (χ2v) is 5.32. The Morgan fingerprint density at radius 3 is 2.89 bits per heavy atom. The van der Waals surface area contributed by atoms with E-state index in [0.29, 0.717) is 6.04 Å². The summed E-state index contributed by atoms with van der Waals surface area (Å²) in [5, 5.41) is 4.48. The van der Waals surface area contributed by atoms with Crippen LogP contribution in [0.5, 0.6) is 5.75 Å². The molecule has 3 nitrogen and oxygen atoms in total. The Kier molecular flexibility index (Phi) is 3.38. The van der Waals surface area contributed by atoms with E-state index in [1.807, 2.05) is 32.2 Å². The van der Waals surface area contributed by atoms with Crippen LogP contribution in [0.2, 0.25) is 0 Å². The minimum atomic E-state index is 0.458. The summed E-state index contributed by atoms with van der Waals surface area (Å²) in [7, 11) is 2.01. The van der Waals surface area contributed by atoms with Gasteiger partial charge in [-0.3, -0.25) is 0 Å². The van der Waals surface area contributed by atoms with Crippen LogP contribution in [-0.2, 0) is 0 Å². The second kappa shape index (κ2) is 5.17. The lowest BCUT2D eigenvalue weighted by molar-refractivity contribution is 0.258. The number of nitrogens with one attached hydrogen (secondary N) is 1. The van der Waals surface area contributed by atoms with Gasteiger partial charge >= 0.3 is 0 Å². The summed E-state index contributed by atoms with van der Waals surface area (Å²) >= 11 is 0. The van der Waals surface area contributed by atoms with Gasteiger partial charge < -0.3 is 10.1 Å². The molecule has 3 rings (SSSR count). The maximum Gasteiger partial charge on any atom is 0.145 e. The highest BCUT2D eigenvalue weighted by atomic mass is 16.5. The molecule has 0 bridgehead atoms. The number of pyridine rings is 1. The smallest absolute Gasteiger partial charge is 0.145 e. The van der Waals surface area contributed by atoms with Gasteiger partial charge in [0.25, 0.3) is 0 Å². The molecule has 19 heavy (non-hydrogen) atoms. The van der Waals surface area contributed by atoms with Crippen LogP contribution >= 0.6 is 0 Å². The van der Waals surface area contributed by atoms with Crippen LogP contribution in [0.1, 0.15) is 18.5 Å². The molecule has 1 atom stereocenters. The first-order chi connectivity index (χ1) is 9.28. The van der Waals surface area contributed by atoms with Crippen molar-refractivity contribution >= 4 is 10.9 Å². The summed E-state index contributed by atoms with van der Waals surface area (Å²) in [6.45, 7) is 2.73. The lowest BCUT2D eigenvalue weighted by atomic mass is 10.2. The Morgan fingerprint density at radius 1 is 1.32 bits per heavy atom. The lowest BCUT2D eigenvalue weighted by Crippen LogP contribution is -2.33. The number of para-hydroxylation sites is 1. The van der Waals surface area contributed by atoms with Crippen LogP contribution in [0.3, 0.4) is 0 Å². The van der Waals surface area contributed by atoms with Gasteiger partial charge in [0.2, 0.25) is 0 Å². The van der Waals surface area contributed by atoms with E-state index < -0.39 is 0 Å². The van der Waals surface area contributed by atoms with Crippen LogP contribution in [0.25, 0.3) is 10.9 Å². The van der Waals surface area contributed by atoms with Gasteiger partial charge in [0.15, 0.2) is 0 Å². The summed E-state index contributed by atoms with van der Waals surface area (Å²) in [4.78, 5) is 4.59. The lowest BCUT2D eigenvalue weighted by Gasteiger charge is -2.17. The molecule has 0 spiro atoms. The topological polar surface area (TPSA) is 34.1 Å². The van der Waals surface area contributed by atoms with Crippen molar-refractivity contribution in [3.63, 3.8) is 0 Å². The molecule has 1 aromatic carbocycles. The molecule has 1 N–H and O–H groups in total. The van der Waals surface area contributed by atoms with Crippen molar-refractivity contribution in [1.82, 2.24) is 10.3 Å². The average Bonchev–Trinajstić information content (AvgIpc) is 3.24. The SMILES string of the molecule is CNC(COc1cccc2ccc(C)nc12)C1CC1. The number of hydrogen-bond acceptors (Lipinski definition) is 3. The molecule has 1 unspecified atom stereocenters. The highest BCUT2D eigenvalue weighted by Crippen LogP contribution is 2.33. The predicted octanol–water partition coefficient (Wildman–Crippen LogP) is 2.92. The fourth-order valence-corrected chi connectivity index (χ4v) is 2.47. The molecule has 0 amide bonds. The Bertz CT molecular complexity index is 578. The first-order valence-corrected chi connectivity index (χ1v) is 6.94. The van der Waals surface area contributed by atoms with Crippen LogP contribution in [0, 0.1) is 12.8 Å². The van der Waals surface area contributed by atoms with Crippen molar-refractivity contribution in [1.29, 1.82) is 0 Å². The van der Waals surface area contributed by atoms with Crippen molar-refractivity contribution < 1.29 is 4.74 Å². The molecular formula is C16H20N2O. The van der Waals surface area contributed by atoms with Crippen LogP contribution in [0.4, 0.5) is 0 Å². The number of hydrogen-bond donors (Lipinski definition) is 1. The fourth-order valence-electron chi connectivity index (χ4n) is 2.47. The summed E-state index contributed by atoms with van der Waals surface area (Å²) in [6, 6.07) is 10.7. The van der Waals surface area contributed by atoms with E-state index in [1.54, 1.807) is 0 Å². The number of nitrogens with zero attached hydrogens (tertiary/aromatic N) is 1. The number of likely N-dealkylation sites (N-methyl/N-ethyl adjacent to an activating group) is 1. The normalized spacial score (nSPS) is 16.5. The van der Waals surface area contributed by atoms with Crippen molar-refractivity contribution in [3.05, 3.63) is 36.0 Å². The average molecular weight is 256 g/mol. The van der Waals surface area contributed by atoms with E-state index in [1.165, 1.54) is 12.8 Å². The Balaban J connectivity index is 1.81. The molecule has 1 aliphatic carbocycles. The summed E-state index contributed by atoms with van der Waals surface area (Å²) in [5.41, 5.74) is 1.99. The van der Waals surface area contributed by atoms with Gasteiger partial charge in [-0.25, -0.2) is 4.98 Å². The third-order valence-electron chi connectivity index (χ3n) is 3.80. The second-order valence-electron chi connectivity index (χ2n) is 5.32. The molecule has 0 radical (unpaired) electrons. The van der Waals surface area contributed by atoms with Crippen molar-refractivity contribution in [3.8, 4) is 5.75 Å². The first-order valence-electron chi connectivity index (χ1n) is 6.94. The fraction of sp³-hybridized carbons (Fsp3) is 0.438. The zero-order valence-corrected chi connectivity index (χ0v) is 11.5. The number of benzene rings is 1. The van der Waals surface area contributed by atoms with Gasteiger partial charge in [-0.05, 0) is 44.9 Å². The standard InChI is InChI=1S/C16H20N2O/c1-11-6-7-13-4-3-5-15(16(13)18-11)19-10-14(17-2)12-8-9-12/h3-7,12,14,17H,8-10H2,1-2H3. The maximum absolute atomic E-state index is 6.00. The number of aryl methyl sites for hydroxylation is 1. The van der Waals surface area contributed by atoms with Crippen molar-refractivity contribution in [2.45, 2.75) is 25.8 Å². The van der Waals surface area contributed by atoms with Gasteiger partial charge in [-0.1, -0.05) is 18.2 Å². The van der Waals surface area contributed by atoms with E-state index in [4.69, 9.17) is 4.74 Å². The molecule has 3 heteroatoms. The molecule has 1 heterocycles. The maximum atomic E-state index is 6.00. The van der Waals surface area contributed by atoms with Crippen LogP contribution < -0.4 is 10.1 Å². The third kappa shape index (κ3) is 2.71. The minimum Gasteiger partial charge on any atom is -0.490 e. The quantitative estimate of drug-likeness (QED) is 0.893. The van der Waals surface area contributed by atoms with Gasteiger partial charge in [0.05, 0.1) is 0 Å².